The van der Waals surface area contributed by atoms with E-state index in [1.165, 1.54) is 25.7 Å². The molecule has 1 N–H and O–H groups in total. The van der Waals surface area contributed by atoms with E-state index in [1.54, 1.807) is 7.11 Å². The zero-order chi connectivity index (χ0) is 21.5. The van der Waals surface area contributed by atoms with Crippen LogP contribution in [0.1, 0.15) is 31.2 Å². The van der Waals surface area contributed by atoms with Gasteiger partial charge in [0.2, 0.25) is 5.91 Å². The first-order chi connectivity index (χ1) is 15.2. The first kappa shape index (κ1) is 20.8. The number of methoxy groups -OCH3 is 1. The van der Waals surface area contributed by atoms with Gasteiger partial charge in [0, 0.05) is 29.9 Å². The van der Waals surface area contributed by atoms with Crippen molar-refractivity contribution < 1.29 is 9.53 Å². The molecule has 0 saturated carbocycles. The van der Waals surface area contributed by atoms with Crippen LogP contribution in [0.2, 0.25) is 0 Å². The molecule has 1 amide bonds. The maximum Gasteiger partial charge on any atom is 0.228 e. The average Bonchev–Trinajstić information content (AvgIpc) is 3.10. The van der Waals surface area contributed by atoms with Gasteiger partial charge < -0.3 is 15.0 Å². The molecule has 0 spiro atoms. The predicted molar refractivity (Wildman–Crippen MR) is 123 cm³/mol. The van der Waals surface area contributed by atoms with Gasteiger partial charge in [-0.1, -0.05) is 43.2 Å². The van der Waals surface area contributed by atoms with E-state index in [1.807, 2.05) is 54.6 Å². The monoisotopic (exact) mass is 416 g/mol. The molecule has 0 atom stereocenters. The van der Waals surface area contributed by atoms with Crippen LogP contribution in [0.3, 0.4) is 0 Å². The third-order valence-electron chi connectivity index (χ3n) is 5.59. The lowest BCUT2D eigenvalue weighted by Crippen LogP contribution is -2.25. The topological polar surface area (TPSA) is 67.3 Å². The molecule has 1 aliphatic rings. The summed E-state index contributed by atoms with van der Waals surface area (Å²) < 4.78 is 5.32. The standard InChI is InChI=1S/C25H28N4O2/c1-31-23-9-5-4-8-20(23)18-25(30)26-21-12-10-19(11-13-21)22-14-15-24(28-27-22)29-16-6-2-3-7-17-29/h4-5,8-15H,2-3,6-7,16-18H2,1H3,(H,26,30). The van der Waals surface area contributed by atoms with Crippen molar-refractivity contribution in [2.75, 3.05) is 30.4 Å². The Balaban J connectivity index is 1.38. The number of nitrogens with one attached hydrogen (secondary N) is 1. The van der Waals surface area contributed by atoms with Crippen LogP contribution in [0.25, 0.3) is 11.3 Å². The predicted octanol–water partition coefficient (Wildman–Crippen LogP) is 4.71. The lowest BCUT2D eigenvalue weighted by Gasteiger charge is -2.20. The van der Waals surface area contributed by atoms with Gasteiger partial charge in [0.1, 0.15) is 5.75 Å². The molecule has 6 nitrogen and oxygen atoms in total. The highest BCUT2D eigenvalue weighted by Crippen LogP contribution is 2.23. The highest BCUT2D eigenvalue weighted by atomic mass is 16.5. The van der Waals surface area contributed by atoms with E-state index in [0.29, 0.717) is 0 Å². The number of hydrogen-bond acceptors (Lipinski definition) is 5. The normalized spacial score (nSPS) is 14.0. The summed E-state index contributed by atoms with van der Waals surface area (Å²) in [6.45, 7) is 2.11. The van der Waals surface area contributed by atoms with Crippen LogP contribution in [0.15, 0.2) is 60.7 Å². The van der Waals surface area contributed by atoms with Crippen molar-refractivity contribution in [3.05, 3.63) is 66.2 Å². The second-order valence-corrected chi connectivity index (χ2v) is 7.79. The molecular formula is C25H28N4O2. The first-order valence-corrected chi connectivity index (χ1v) is 10.8. The van der Waals surface area contributed by atoms with Crippen LogP contribution in [-0.4, -0.2) is 36.3 Å². The van der Waals surface area contributed by atoms with E-state index in [9.17, 15) is 4.79 Å². The Morgan fingerprint density at radius 2 is 1.68 bits per heavy atom. The van der Waals surface area contributed by atoms with Crippen LogP contribution < -0.4 is 15.0 Å². The molecule has 0 bridgehead atoms. The van der Waals surface area contributed by atoms with E-state index in [4.69, 9.17) is 4.74 Å². The van der Waals surface area contributed by atoms with Gasteiger partial charge in [-0.15, -0.1) is 10.2 Å². The summed E-state index contributed by atoms with van der Waals surface area (Å²) in [7, 11) is 1.61. The Hall–Kier alpha value is -3.41. The Kier molecular flexibility index (Phi) is 6.77. The summed E-state index contributed by atoms with van der Waals surface area (Å²) in [5, 5.41) is 11.8. The molecule has 3 aromatic rings. The van der Waals surface area contributed by atoms with Crippen LogP contribution in [0.4, 0.5) is 11.5 Å². The number of aromatic nitrogens is 2. The molecule has 2 aromatic carbocycles. The van der Waals surface area contributed by atoms with Crippen molar-refractivity contribution in [1.29, 1.82) is 0 Å². The minimum atomic E-state index is -0.0844. The average molecular weight is 417 g/mol. The summed E-state index contributed by atoms with van der Waals surface area (Å²) in [5.41, 5.74) is 3.40. The number of hydrogen-bond donors (Lipinski definition) is 1. The van der Waals surface area contributed by atoms with Gasteiger partial charge in [-0.3, -0.25) is 4.79 Å². The Labute approximate surface area is 183 Å². The summed E-state index contributed by atoms with van der Waals surface area (Å²) in [4.78, 5) is 14.7. The van der Waals surface area contributed by atoms with Crippen LogP contribution >= 0.6 is 0 Å². The summed E-state index contributed by atoms with van der Waals surface area (Å²) in [6, 6.07) is 19.3. The van der Waals surface area contributed by atoms with Crippen molar-refractivity contribution in [1.82, 2.24) is 10.2 Å². The zero-order valence-corrected chi connectivity index (χ0v) is 17.9. The molecule has 160 valence electrons. The molecule has 6 heteroatoms. The van der Waals surface area contributed by atoms with Gasteiger partial charge in [-0.2, -0.15) is 0 Å². The number of nitrogens with zero attached hydrogens (tertiary/aromatic N) is 3. The number of para-hydroxylation sites is 1. The van der Waals surface area contributed by atoms with E-state index < -0.39 is 0 Å². The van der Waals surface area contributed by atoms with Crippen molar-refractivity contribution >= 4 is 17.4 Å². The summed E-state index contributed by atoms with van der Waals surface area (Å²) >= 11 is 0. The molecule has 0 unspecified atom stereocenters. The fraction of sp³-hybridized carbons (Fsp3) is 0.320. The number of benzene rings is 2. The van der Waals surface area contributed by atoms with E-state index in [2.05, 4.69) is 26.5 Å². The molecule has 2 heterocycles. The highest BCUT2D eigenvalue weighted by Gasteiger charge is 2.12. The number of ether oxygens (including phenoxy) is 1. The SMILES string of the molecule is COc1ccccc1CC(=O)Nc1ccc(-c2ccc(N3CCCCCC3)nn2)cc1. The van der Waals surface area contributed by atoms with Gasteiger partial charge in [0.15, 0.2) is 5.82 Å². The Morgan fingerprint density at radius 1 is 0.935 bits per heavy atom. The molecular weight excluding hydrogens is 388 g/mol. The van der Waals surface area contributed by atoms with Crippen LogP contribution in [0, 0.1) is 0 Å². The molecule has 31 heavy (non-hydrogen) atoms. The molecule has 4 rings (SSSR count). The number of rotatable bonds is 6. The zero-order valence-electron chi connectivity index (χ0n) is 17.9. The first-order valence-electron chi connectivity index (χ1n) is 10.8. The third-order valence-corrected chi connectivity index (χ3v) is 5.59. The third kappa shape index (κ3) is 5.40. The molecule has 1 aliphatic heterocycles. The lowest BCUT2D eigenvalue weighted by molar-refractivity contribution is -0.115. The number of anilines is 2. The van der Waals surface area contributed by atoms with Crippen molar-refractivity contribution in [3.8, 4) is 17.0 Å². The van der Waals surface area contributed by atoms with E-state index in [-0.39, 0.29) is 12.3 Å². The molecule has 1 fully saturated rings. The second-order valence-electron chi connectivity index (χ2n) is 7.79. The van der Waals surface area contributed by atoms with Gasteiger partial charge >= 0.3 is 0 Å². The van der Waals surface area contributed by atoms with Crippen LogP contribution in [-0.2, 0) is 11.2 Å². The van der Waals surface area contributed by atoms with Crippen LogP contribution in [0.5, 0.6) is 5.75 Å². The molecule has 1 aromatic heterocycles. The number of carbonyl (C=O) groups is 1. The maximum absolute atomic E-state index is 12.4. The van der Waals surface area contributed by atoms with Gasteiger partial charge in [0.05, 0.1) is 19.2 Å². The van der Waals surface area contributed by atoms with Gasteiger partial charge in [0.25, 0.3) is 0 Å². The summed E-state index contributed by atoms with van der Waals surface area (Å²) in [6.07, 6.45) is 5.28. The van der Waals surface area contributed by atoms with Crippen molar-refractivity contribution in [3.63, 3.8) is 0 Å². The number of carbonyl (C=O) groups excluding carboxylic acids is 1. The Morgan fingerprint density at radius 3 is 2.35 bits per heavy atom. The van der Waals surface area contributed by atoms with Crippen molar-refractivity contribution in [2.24, 2.45) is 0 Å². The molecule has 0 radical (unpaired) electrons. The van der Waals surface area contributed by atoms with E-state index in [0.717, 1.165) is 47.2 Å². The molecule has 0 aliphatic carbocycles. The largest absolute Gasteiger partial charge is 0.496 e. The smallest absolute Gasteiger partial charge is 0.228 e. The van der Waals surface area contributed by atoms with Gasteiger partial charge in [-0.05, 0) is 43.2 Å². The fourth-order valence-electron chi connectivity index (χ4n) is 3.90. The minimum Gasteiger partial charge on any atom is -0.496 e. The minimum absolute atomic E-state index is 0.0844. The quantitative estimate of drug-likeness (QED) is 0.630. The fourth-order valence-corrected chi connectivity index (χ4v) is 3.90. The van der Waals surface area contributed by atoms with E-state index >= 15 is 0 Å². The second kappa shape index (κ2) is 10.1. The van der Waals surface area contributed by atoms with Crippen molar-refractivity contribution in [2.45, 2.75) is 32.1 Å². The molecule has 1 saturated heterocycles. The maximum atomic E-state index is 12.4. The lowest BCUT2D eigenvalue weighted by atomic mass is 10.1. The number of amides is 1. The van der Waals surface area contributed by atoms with Gasteiger partial charge in [-0.25, -0.2) is 0 Å². The summed E-state index contributed by atoms with van der Waals surface area (Å²) in [5.74, 6) is 1.58. The Bertz CT molecular complexity index is 995. The highest BCUT2D eigenvalue weighted by molar-refractivity contribution is 5.92.